The van der Waals surface area contributed by atoms with E-state index in [9.17, 15) is 4.39 Å². The largest absolute Gasteiger partial charge is 0.472 e. The second-order valence-corrected chi connectivity index (χ2v) is 4.00. The zero-order valence-corrected chi connectivity index (χ0v) is 10.1. The van der Waals surface area contributed by atoms with Gasteiger partial charge in [-0.15, -0.1) is 0 Å². The monoisotopic (exact) mass is 263 g/mol. The topological polar surface area (TPSA) is 83.8 Å². The van der Waals surface area contributed by atoms with Crippen LogP contribution in [0.5, 0.6) is 0 Å². The number of amidine groups is 1. The fourth-order valence-electron chi connectivity index (χ4n) is 1.70. The van der Waals surface area contributed by atoms with Gasteiger partial charge >= 0.3 is 0 Å². The summed E-state index contributed by atoms with van der Waals surface area (Å²) in [5.41, 5.74) is 6.92. The number of rotatable bonds is 5. The summed E-state index contributed by atoms with van der Waals surface area (Å²) in [7, 11) is 0. The highest BCUT2D eigenvalue weighted by atomic mass is 19.1. The zero-order chi connectivity index (χ0) is 13.7. The minimum atomic E-state index is -0.488. The van der Waals surface area contributed by atoms with E-state index in [1.807, 2.05) is 6.07 Å². The summed E-state index contributed by atoms with van der Waals surface area (Å²) in [6.45, 7) is 0.910. The molecule has 2 aromatic rings. The number of oxime groups is 1. The van der Waals surface area contributed by atoms with Crippen LogP contribution in [0.15, 0.2) is 46.4 Å². The third-order valence-electron chi connectivity index (χ3n) is 2.69. The van der Waals surface area contributed by atoms with E-state index in [0.29, 0.717) is 18.7 Å². The molecule has 0 aliphatic carbocycles. The predicted octanol–water partition coefficient (Wildman–Crippen LogP) is 1.80. The van der Waals surface area contributed by atoms with Crippen LogP contribution in [0.25, 0.3) is 0 Å². The lowest BCUT2D eigenvalue weighted by atomic mass is 10.1. The highest BCUT2D eigenvalue weighted by molar-refractivity contribution is 5.97. The van der Waals surface area contributed by atoms with Crippen molar-refractivity contribution < 1.29 is 14.0 Å². The van der Waals surface area contributed by atoms with Crippen LogP contribution in [0.2, 0.25) is 0 Å². The summed E-state index contributed by atoms with van der Waals surface area (Å²) in [5.74, 6) is -0.730. The van der Waals surface area contributed by atoms with Crippen molar-refractivity contribution in [3.8, 4) is 0 Å². The standard InChI is InChI=1S/C13H14FN3O2/c14-12-10(2-1-3-11(12)13(15)17-18)7-16-6-9-4-5-19-8-9/h1-5,8,16,18H,6-7H2,(H2,15,17). The first-order valence-corrected chi connectivity index (χ1v) is 5.69. The van der Waals surface area contributed by atoms with Crippen LogP contribution in [-0.4, -0.2) is 11.0 Å². The van der Waals surface area contributed by atoms with E-state index in [0.717, 1.165) is 5.56 Å². The van der Waals surface area contributed by atoms with E-state index in [1.54, 1.807) is 24.7 Å². The first-order chi connectivity index (χ1) is 9.22. The van der Waals surface area contributed by atoms with Crippen LogP contribution in [0, 0.1) is 5.82 Å². The lowest BCUT2D eigenvalue weighted by Gasteiger charge is -2.08. The number of hydrogen-bond donors (Lipinski definition) is 3. The van der Waals surface area contributed by atoms with Crippen molar-refractivity contribution in [3.63, 3.8) is 0 Å². The van der Waals surface area contributed by atoms with Gasteiger partial charge in [-0.2, -0.15) is 0 Å². The summed E-state index contributed by atoms with van der Waals surface area (Å²) in [5, 5.41) is 14.5. The summed E-state index contributed by atoms with van der Waals surface area (Å²) < 4.78 is 19.0. The van der Waals surface area contributed by atoms with Crippen molar-refractivity contribution in [1.29, 1.82) is 0 Å². The molecule has 0 spiro atoms. The number of nitrogens with one attached hydrogen (secondary N) is 1. The Morgan fingerprint density at radius 2 is 2.21 bits per heavy atom. The number of furan rings is 1. The molecular formula is C13H14FN3O2. The number of nitrogens with zero attached hydrogens (tertiary/aromatic N) is 1. The summed E-state index contributed by atoms with van der Waals surface area (Å²) >= 11 is 0. The second-order valence-electron chi connectivity index (χ2n) is 4.00. The van der Waals surface area contributed by atoms with Crippen LogP contribution in [0.4, 0.5) is 4.39 Å². The highest BCUT2D eigenvalue weighted by Gasteiger charge is 2.11. The van der Waals surface area contributed by atoms with E-state index >= 15 is 0 Å². The van der Waals surface area contributed by atoms with Crippen LogP contribution in [0.1, 0.15) is 16.7 Å². The average molecular weight is 263 g/mol. The fraction of sp³-hybridized carbons (Fsp3) is 0.154. The van der Waals surface area contributed by atoms with Crippen LogP contribution < -0.4 is 11.1 Å². The minimum Gasteiger partial charge on any atom is -0.472 e. The molecule has 1 aromatic carbocycles. The Hall–Kier alpha value is -2.34. The lowest BCUT2D eigenvalue weighted by Crippen LogP contribution is -2.18. The minimum absolute atomic E-state index is 0.0881. The molecule has 0 amide bonds. The Morgan fingerprint density at radius 1 is 1.37 bits per heavy atom. The van der Waals surface area contributed by atoms with E-state index < -0.39 is 5.82 Å². The highest BCUT2D eigenvalue weighted by Crippen LogP contribution is 2.13. The van der Waals surface area contributed by atoms with Crippen molar-refractivity contribution >= 4 is 5.84 Å². The van der Waals surface area contributed by atoms with Crippen molar-refractivity contribution in [1.82, 2.24) is 5.32 Å². The maximum absolute atomic E-state index is 14.0. The molecular weight excluding hydrogens is 249 g/mol. The molecule has 0 fully saturated rings. The molecule has 4 N–H and O–H groups in total. The van der Waals surface area contributed by atoms with Gasteiger partial charge in [-0.3, -0.25) is 0 Å². The molecule has 1 heterocycles. The van der Waals surface area contributed by atoms with Crippen molar-refractivity contribution in [2.75, 3.05) is 0 Å². The van der Waals surface area contributed by atoms with Crippen LogP contribution >= 0.6 is 0 Å². The van der Waals surface area contributed by atoms with Crippen molar-refractivity contribution in [2.24, 2.45) is 10.9 Å². The average Bonchev–Trinajstić information content (AvgIpc) is 2.93. The zero-order valence-electron chi connectivity index (χ0n) is 10.1. The third-order valence-corrected chi connectivity index (χ3v) is 2.69. The molecule has 0 bridgehead atoms. The summed E-state index contributed by atoms with van der Waals surface area (Å²) in [6.07, 6.45) is 3.20. The van der Waals surface area contributed by atoms with Gasteiger partial charge in [0.15, 0.2) is 5.84 Å². The molecule has 5 nitrogen and oxygen atoms in total. The van der Waals surface area contributed by atoms with Crippen LogP contribution in [0.3, 0.4) is 0 Å². The van der Waals surface area contributed by atoms with E-state index in [2.05, 4.69) is 10.5 Å². The van der Waals surface area contributed by atoms with E-state index in [1.165, 1.54) is 6.07 Å². The second kappa shape index (κ2) is 6.01. The van der Waals surface area contributed by atoms with E-state index in [-0.39, 0.29) is 11.4 Å². The normalized spacial score (nSPS) is 11.7. The number of halogens is 1. The molecule has 2 rings (SSSR count). The summed E-state index contributed by atoms with van der Waals surface area (Å²) in [4.78, 5) is 0. The molecule has 100 valence electrons. The predicted molar refractivity (Wildman–Crippen MR) is 68.2 cm³/mol. The molecule has 0 aliphatic heterocycles. The number of hydrogen-bond acceptors (Lipinski definition) is 4. The van der Waals surface area contributed by atoms with Gasteiger partial charge in [0, 0.05) is 24.2 Å². The van der Waals surface area contributed by atoms with Crippen LogP contribution in [-0.2, 0) is 13.1 Å². The Kier molecular flexibility index (Phi) is 4.15. The van der Waals surface area contributed by atoms with E-state index in [4.69, 9.17) is 15.4 Å². The SMILES string of the molecule is N/C(=N/O)c1cccc(CNCc2ccoc2)c1F. The Labute approximate surface area is 109 Å². The Bertz CT molecular complexity index is 567. The van der Waals surface area contributed by atoms with Crippen molar-refractivity contribution in [2.45, 2.75) is 13.1 Å². The Morgan fingerprint density at radius 3 is 2.89 bits per heavy atom. The van der Waals surface area contributed by atoms with Gasteiger partial charge in [0.25, 0.3) is 0 Å². The number of nitrogens with two attached hydrogens (primary N) is 1. The molecule has 0 saturated heterocycles. The van der Waals surface area contributed by atoms with Gasteiger partial charge in [0.05, 0.1) is 18.1 Å². The first-order valence-electron chi connectivity index (χ1n) is 5.69. The Balaban J connectivity index is 2.04. The van der Waals surface area contributed by atoms with Crippen molar-refractivity contribution in [3.05, 3.63) is 59.3 Å². The number of benzene rings is 1. The molecule has 0 atom stereocenters. The molecule has 6 heteroatoms. The van der Waals surface area contributed by atoms with Gasteiger partial charge in [0.1, 0.15) is 5.82 Å². The van der Waals surface area contributed by atoms with Gasteiger partial charge in [-0.05, 0) is 12.1 Å². The van der Waals surface area contributed by atoms with Gasteiger partial charge < -0.3 is 20.7 Å². The molecule has 0 saturated carbocycles. The smallest absolute Gasteiger partial charge is 0.173 e. The molecule has 0 radical (unpaired) electrons. The summed E-state index contributed by atoms with van der Waals surface area (Å²) in [6, 6.07) is 6.59. The first kappa shape index (κ1) is 13.1. The fourth-order valence-corrected chi connectivity index (χ4v) is 1.70. The third kappa shape index (κ3) is 3.11. The molecule has 0 unspecified atom stereocenters. The molecule has 0 aliphatic rings. The van der Waals surface area contributed by atoms with Gasteiger partial charge in [-0.1, -0.05) is 17.3 Å². The van der Waals surface area contributed by atoms with Gasteiger partial charge in [-0.25, -0.2) is 4.39 Å². The molecule has 1 aromatic heterocycles. The maximum atomic E-state index is 14.0. The lowest BCUT2D eigenvalue weighted by molar-refractivity contribution is 0.318. The van der Waals surface area contributed by atoms with Gasteiger partial charge in [0.2, 0.25) is 0 Å². The molecule has 19 heavy (non-hydrogen) atoms. The quantitative estimate of drug-likeness (QED) is 0.332. The maximum Gasteiger partial charge on any atom is 0.173 e.